The van der Waals surface area contributed by atoms with Crippen molar-refractivity contribution < 1.29 is 19.1 Å². The van der Waals surface area contributed by atoms with E-state index >= 15 is 0 Å². The molecule has 0 saturated heterocycles. The molecule has 0 saturated carbocycles. The summed E-state index contributed by atoms with van der Waals surface area (Å²) in [6, 6.07) is 17.4. The molecule has 2 unspecified atom stereocenters. The molecule has 0 radical (unpaired) electrons. The van der Waals surface area contributed by atoms with Crippen LogP contribution in [0.15, 0.2) is 84.6 Å². The molecule has 1 aromatic heterocycles. The summed E-state index contributed by atoms with van der Waals surface area (Å²) in [4.78, 5) is 25.5. The van der Waals surface area contributed by atoms with Crippen LogP contribution in [0.1, 0.15) is 34.6 Å². The molecule has 9 heteroatoms. The summed E-state index contributed by atoms with van der Waals surface area (Å²) in [5.74, 6) is 0.0816. The molecule has 2 heterocycles. The second-order valence-corrected chi connectivity index (χ2v) is 8.49. The van der Waals surface area contributed by atoms with Crippen LogP contribution >= 0.6 is 0 Å². The van der Waals surface area contributed by atoms with Crippen molar-refractivity contribution in [3.05, 3.63) is 102 Å². The molecule has 3 aromatic rings. The Morgan fingerprint density at radius 3 is 2.69 bits per heavy atom. The zero-order chi connectivity index (χ0) is 24.7. The summed E-state index contributed by atoms with van der Waals surface area (Å²) in [6.07, 6.45) is 8.88. The number of allylic oxidation sites excluding steroid dienone is 3. The highest BCUT2D eigenvalue weighted by atomic mass is 16.5. The number of carbonyl (C=O) groups excluding carboxylic acids is 2. The highest BCUT2D eigenvalue weighted by Gasteiger charge is 2.38. The van der Waals surface area contributed by atoms with Gasteiger partial charge < -0.3 is 14.8 Å². The van der Waals surface area contributed by atoms with Gasteiger partial charge in [-0.1, -0.05) is 42.5 Å². The average Bonchev–Trinajstić information content (AvgIpc) is 3.45. The molecule has 2 atom stereocenters. The van der Waals surface area contributed by atoms with Crippen molar-refractivity contribution in [3.63, 3.8) is 0 Å². The first-order valence-corrected chi connectivity index (χ1v) is 11.8. The normalized spacial score (nSPS) is 18.5. The number of ether oxygens (including phenoxy) is 2. The van der Waals surface area contributed by atoms with Crippen LogP contribution in [-0.4, -0.2) is 45.0 Å². The molecule has 9 nitrogen and oxygen atoms in total. The van der Waals surface area contributed by atoms with Crippen LogP contribution < -0.4 is 10.1 Å². The van der Waals surface area contributed by atoms with Crippen molar-refractivity contribution in [1.29, 1.82) is 0 Å². The standard InChI is InChI=1S/C27H25N5O4/c33-23-17-24(26-29-31-32-30-26)36-25-21(23)10-6-11-22(25)28-27(34)19-12-14-20(15-13-19)35-16-5-4-9-18-7-2-1-3-8-18/h1-3,6-8,10-15,17,21,25H,4-5,9,16H2,(H,28,34)(H,29,30,31,32). The van der Waals surface area contributed by atoms with E-state index in [4.69, 9.17) is 9.47 Å². The number of nitrogens with one attached hydrogen (secondary N) is 2. The maximum atomic E-state index is 12.9. The molecule has 2 aliphatic rings. The van der Waals surface area contributed by atoms with Crippen LogP contribution in [0, 0.1) is 5.92 Å². The van der Waals surface area contributed by atoms with Crippen molar-refractivity contribution in [2.24, 2.45) is 5.92 Å². The van der Waals surface area contributed by atoms with Crippen LogP contribution in [0.25, 0.3) is 5.76 Å². The number of unbranched alkanes of at least 4 members (excludes halogenated alkanes) is 1. The molecule has 0 spiro atoms. The molecule has 1 aliphatic heterocycles. The van der Waals surface area contributed by atoms with E-state index in [-0.39, 0.29) is 23.3 Å². The monoisotopic (exact) mass is 483 g/mol. The zero-order valence-corrected chi connectivity index (χ0v) is 19.5. The first kappa shape index (κ1) is 23.2. The summed E-state index contributed by atoms with van der Waals surface area (Å²) in [6.45, 7) is 0.613. The predicted octanol–water partition coefficient (Wildman–Crippen LogP) is 3.41. The molecule has 0 bridgehead atoms. The number of tetrazole rings is 1. The van der Waals surface area contributed by atoms with Crippen LogP contribution in [0.3, 0.4) is 0 Å². The lowest BCUT2D eigenvalue weighted by molar-refractivity contribution is -0.120. The summed E-state index contributed by atoms with van der Waals surface area (Å²) in [5.41, 5.74) is 2.27. The van der Waals surface area contributed by atoms with Gasteiger partial charge in [0.15, 0.2) is 17.6 Å². The molecular formula is C27H25N5O4. The molecule has 1 amide bonds. The number of rotatable bonds is 9. The van der Waals surface area contributed by atoms with E-state index in [1.54, 1.807) is 42.5 Å². The molecule has 2 aromatic carbocycles. The molecule has 5 rings (SSSR count). The smallest absolute Gasteiger partial charge is 0.255 e. The number of hydrogen-bond acceptors (Lipinski definition) is 7. The number of aromatic amines is 1. The molecule has 182 valence electrons. The third kappa shape index (κ3) is 5.41. The number of aryl methyl sites for hydroxylation is 1. The number of amides is 1. The molecule has 0 fully saturated rings. The quantitative estimate of drug-likeness (QED) is 0.448. The fourth-order valence-electron chi connectivity index (χ4n) is 4.11. The van der Waals surface area contributed by atoms with Crippen molar-refractivity contribution in [3.8, 4) is 5.75 Å². The van der Waals surface area contributed by atoms with Crippen LogP contribution in [-0.2, 0) is 16.0 Å². The van der Waals surface area contributed by atoms with Gasteiger partial charge >= 0.3 is 0 Å². The van der Waals surface area contributed by atoms with Crippen LogP contribution in [0.2, 0.25) is 0 Å². The van der Waals surface area contributed by atoms with Gasteiger partial charge in [0.25, 0.3) is 5.91 Å². The second kappa shape index (κ2) is 10.8. The lowest BCUT2D eigenvalue weighted by Gasteiger charge is -2.32. The maximum Gasteiger partial charge on any atom is 0.255 e. The Hall–Kier alpha value is -4.53. The molecule has 36 heavy (non-hydrogen) atoms. The van der Waals surface area contributed by atoms with Gasteiger partial charge in [-0.3, -0.25) is 9.59 Å². The summed E-state index contributed by atoms with van der Waals surface area (Å²) in [7, 11) is 0. The SMILES string of the molecule is O=C(NC1=CC=CC2C(=O)C=C(c3nn[nH]n3)OC12)c1ccc(OCCCCc2ccccc2)cc1. The van der Waals surface area contributed by atoms with Gasteiger partial charge in [-0.2, -0.15) is 5.21 Å². The first-order chi connectivity index (χ1) is 17.7. The van der Waals surface area contributed by atoms with Gasteiger partial charge in [0.2, 0.25) is 5.82 Å². The van der Waals surface area contributed by atoms with E-state index in [2.05, 4.69) is 50.2 Å². The van der Waals surface area contributed by atoms with Gasteiger partial charge in [-0.25, -0.2) is 0 Å². The Kier molecular flexibility index (Phi) is 6.98. The average molecular weight is 484 g/mol. The number of ketones is 1. The van der Waals surface area contributed by atoms with E-state index in [0.717, 1.165) is 19.3 Å². The topological polar surface area (TPSA) is 119 Å². The fraction of sp³-hybridized carbons (Fsp3) is 0.222. The number of hydrogen-bond donors (Lipinski definition) is 2. The fourth-order valence-corrected chi connectivity index (χ4v) is 4.11. The highest BCUT2D eigenvalue weighted by molar-refractivity contribution is 6.00. The molecular weight excluding hydrogens is 458 g/mol. The van der Waals surface area contributed by atoms with E-state index in [1.807, 2.05) is 6.07 Å². The van der Waals surface area contributed by atoms with Crippen molar-refractivity contribution >= 4 is 17.4 Å². The minimum absolute atomic E-state index is 0.160. The van der Waals surface area contributed by atoms with E-state index in [1.165, 1.54) is 11.6 Å². The number of carbonyl (C=O) groups is 2. The van der Waals surface area contributed by atoms with E-state index in [9.17, 15) is 9.59 Å². The predicted molar refractivity (Wildman–Crippen MR) is 132 cm³/mol. The lowest BCUT2D eigenvalue weighted by Crippen LogP contribution is -2.41. The first-order valence-electron chi connectivity index (χ1n) is 11.8. The minimum Gasteiger partial charge on any atom is -0.494 e. The third-order valence-corrected chi connectivity index (χ3v) is 5.99. The Bertz CT molecular complexity index is 1300. The summed E-state index contributed by atoms with van der Waals surface area (Å²) >= 11 is 0. The van der Waals surface area contributed by atoms with E-state index < -0.39 is 12.0 Å². The molecule has 2 N–H and O–H groups in total. The largest absolute Gasteiger partial charge is 0.494 e. The van der Waals surface area contributed by atoms with E-state index in [0.29, 0.717) is 23.6 Å². The lowest BCUT2D eigenvalue weighted by atomic mass is 9.88. The Morgan fingerprint density at radius 1 is 1.08 bits per heavy atom. The number of aromatic nitrogens is 4. The van der Waals surface area contributed by atoms with Crippen molar-refractivity contribution in [1.82, 2.24) is 25.9 Å². The Morgan fingerprint density at radius 2 is 1.92 bits per heavy atom. The number of H-pyrrole nitrogens is 1. The van der Waals surface area contributed by atoms with Gasteiger partial charge in [0.1, 0.15) is 5.75 Å². The van der Waals surface area contributed by atoms with Crippen molar-refractivity contribution in [2.45, 2.75) is 25.4 Å². The highest BCUT2D eigenvalue weighted by Crippen LogP contribution is 2.32. The molecule has 1 aliphatic carbocycles. The number of nitrogens with zero attached hydrogens (tertiary/aromatic N) is 3. The number of fused-ring (bicyclic) bond motifs is 1. The number of benzene rings is 2. The van der Waals surface area contributed by atoms with Crippen LogP contribution in [0.5, 0.6) is 5.75 Å². The van der Waals surface area contributed by atoms with Crippen molar-refractivity contribution in [2.75, 3.05) is 6.61 Å². The van der Waals surface area contributed by atoms with Gasteiger partial charge in [0.05, 0.1) is 18.2 Å². The Balaban J connectivity index is 1.14. The second-order valence-electron chi connectivity index (χ2n) is 8.49. The summed E-state index contributed by atoms with van der Waals surface area (Å²) in [5, 5.41) is 16.5. The zero-order valence-electron chi connectivity index (χ0n) is 19.5. The van der Waals surface area contributed by atoms with Gasteiger partial charge in [-0.05, 0) is 60.4 Å². The summed E-state index contributed by atoms with van der Waals surface area (Å²) < 4.78 is 11.8. The minimum atomic E-state index is -0.691. The van der Waals surface area contributed by atoms with Crippen LogP contribution in [0.4, 0.5) is 0 Å². The van der Waals surface area contributed by atoms with Gasteiger partial charge in [0, 0.05) is 11.6 Å². The maximum absolute atomic E-state index is 12.9. The Labute approximate surface area is 207 Å². The third-order valence-electron chi connectivity index (χ3n) is 5.99. The van der Waals surface area contributed by atoms with Gasteiger partial charge in [-0.15, -0.1) is 10.2 Å².